The summed E-state index contributed by atoms with van der Waals surface area (Å²) in [5, 5.41) is 16.0. The van der Waals surface area contributed by atoms with Crippen LogP contribution in [0.5, 0.6) is 0 Å². The van der Waals surface area contributed by atoms with E-state index in [9.17, 15) is 0 Å². The fourth-order valence-corrected chi connectivity index (χ4v) is 0.104. The van der Waals surface area contributed by atoms with E-state index in [2.05, 4.69) is 0 Å². The maximum absolute atomic E-state index is 8.15. The number of aliphatic hydroxyl groups is 2. The molecule has 0 spiro atoms. The van der Waals surface area contributed by atoms with Crippen LogP contribution < -0.4 is 0 Å². The van der Waals surface area contributed by atoms with Crippen LogP contribution in [-0.4, -0.2) is 16.1 Å². The molecule has 0 heterocycles. The minimum Gasteiger partial charge on any atom is -0.512 e. The molecule has 0 amide bonds. The van der Waals surface area contributed by atoms with Crippen molar-refractivity contribution in [1.29, 1.82) is 0 Å². The third kappa shape index (κ3) is 1.91. The largest absolute Gasteiger partial charge is 0.512 e. The average Bonchev–Trinajstić information content (AvgIpc) is 1.65. The van der Waals surface area contributed by atoms with Gasteiger partial charge in [-0.1, -0.05) is 0 Å². The molecule has 0 aliphatic carbocycles. The predicted molar refractivity (Wildman–Crippen MR) is 24.1 cm³/mol. The second kappa shape index (κ2) is 2.85. The number of hydrogen-bond acceptors (Lipinski definition) is 2. The lowest BCUT2D eigenvalue weighted by molar-refractivity contribution is 0.365. The molecule has 0 bridgehead atoms. The Balaban J connectivity index is 3.22. The first-order chi connectivity index (χ1) is 2.81. The van der Waals surface area contributed by atoms with Crippen LogP contribution in [-0.2, 0) is 0 Å². The van der Waals surface area contributed by atoms with Crippen LogP contribution in [0.1, 0.15) is 0 Å². The number of halogens is 1. The first-order valence-corrected chi connectivity index (χ1v) is 1.93. The van der Waals surface area contributed by atoms with E-state index >= 15 is 0 Å². The molecule has 0 atom stereocenters. The number of rotatable bonds is 1. The SMILES string of the molecule is OC=C(O)CCl. The quantitative estimate of drug-likeness (QED) is 0.391. The van der Waals surface area contributed by atoms with Crippen LogP contribution in [0.15, 0.2) is 12.0 Å². The topological polar surface area (TPSA) is 40.5 Å². The summed E-state index contributed by atoms with van der Waals surface area (Å²) in [6, 6.07) is 0. The van der Waals surface area contributed by atoms with E-state index in [0.29, 0.717) is 6.26 Å². The molecule has 0 aromatic rings. The van der Waals surface area contributed by atoms with E-state index in [4.69, 9.17) is 21.8 Å². The Labute approximate surface area is 40.7 Å². The fourth-order valence-electron chi connectivity index (χ4n) is 0.0345. The summed E-state index contributed by atoms with van der Waals surface area (Å²) in [6.45, 7) is 0. The Bertz CT molecular complexity index is 59.8. The van der Waals surface area contributed by atoms with Crippen molar-refractivity contribution in [2.75, 3.05) is 5.88 Å². The van der Waals surface area contributed by atoms with Crippen molar-refractivity contribution >= 4 is 11.6 Å². The van der Waals surface area contributed by atoms with Crippen molar-refractivity contribution in [3.63, 3.8) is 0 Å². The van der Waals surface area contributed by atoms with Gasteiger partial charge in [0, 0.05) is 0 Å². The molecule has 2 nitrogen and oxygen atoms in total. The summed E-state index contributed by atoms with van der Waals surface area (Å²) in [4.78, 5) is 0. The number of alkyl halides is 1. The molecule has 0 rings (SSSR count). The average molecular weight is 109 g/mol. The van der Waals surface area contributed by atoms with Gasteiger partial charge in [0.1, 0.15) is 12.0 Å². The Kier molecular flexibility index (Phi) is 2.67. The molecule has 0 saturated heterocycles. The molecule has 0 aromatic carbocycles. The van der Waals surface area contributed by atoms with Crippen molar-refractivity contribution in [1.82, 2.24) is 0 Å². The Morgan fingerprint density at radius 1 is 1.83 bits per heavy atom. The monoisotopic (exact) mass is 108 g/mol. The molecule has 0 radical (unpaired) electrons. The van der Waals surface area contributed by atoms with Gasteiger partial charge in [-0.3, -0.25) is 0 Å². The normalized spacial score (nSPS) is 11.8. The fraction of sp³-hybridized carbons (Fsp3) is 0.333. The molecule has 0 aromatic heterocycles. The van der Waals surface area contributed by atoms with Gasteiger partial charge in [0.2, 0.25) is 0 Å². The highest BCUT2D eigenvalue weighted by Crippen LogP contribution is 1.86. The highest BCUT2D eigenvalue weighted by atomic mass is 35.5. The highest BCUT2D eigenvalue weighted by molar-refractivity contribution is 6.19. The minimum atomic E-state index is -0.211. The van der Waals surface area contributed by atoms with E-state index in [1.807, 2.05) is 0 Å². The number of allylic oxidation sites excluding steroid dienone is 1. The van der Waals surface area contributed by atoms with Crippen molar-refractivity contribution in [2.24, 2.45) is 0 Å². The summed E-state index contributed by atoms with van der Waals surface area (Å²) in [5.74, 6) is -0.243. The minimum absolute atomic E-state index is 0.0312. The Morgan fingerprint density at radius 2 is 2.33 bits per heavy atom. The molecular formula is C3H5ClO2. The lowest BCUT2D eigenvalue weighted by Gasteiger charge is -1.81. The summed E-state index contributed by atoms with van der Waals surface area (Å²) < 4.78 is 0. The van der Waals surface area contributed by atoms with Crippen LogP contribution in [0.4, 0.5) is 0 Å². The predicted octanol–water partition coefficient (Wildman–Crippen LogP) is 1.18. The van der Waals surface area contributed by atoms with Gasteiger partial charge < -0.3 is 10.2 Å². The van der Waals surface area contributed by atoms with Crippen LogP contribution in [0.3, 0.4) is 0 Å². The van der Waals surface area contributed by atoms with Gasteiger partial charge in [0.15, 0.2) is 0 Å². The van der Waals surface area contributed by atoms with E-state index in [-0.39, 0.29) is 11.6 Å². The van der Waals surface area contributed by atoms with E-state index in [0.717, 1.165) is 0 Å². The van der Waals surface area contributed by atoms with E-state index in [1.54, 1.807) is 0 Å². The molecule has 0 fully saturated rings. The van der Waals surface area contributed by atoms with Gasteiger partial charge in [-0.2, -0.15) is 0 Å². The maximum atomic E-state index is 8.15. The van der Waals surface area contributed by atoms with Gasteiger partial charge in [0.05, 0.1) is 5.88 Å². The van der Waals surface area contributed by atoms with Gasteiger partial charge in [-0.15, -0.1) is 11.6 Å². The van der Waals surface area contributed by atoms with Gasteiger partial charge >= 0.3 is 0 Å². The lowest BCUT2D eigenvalue weighted by Crippen LogP contribution is -1.77. The zero-order chi connectivity index (χ0) is 4.99. The summed E-state index contributed by atoms with van der Waals surface area (Å²) in [7, 11) is 0. The van der Waals surface area contributed by atoms with E-state index in [1.165, 1.54) is 0 Å². The summed E-state index contributed by atoms with van der Waals surface area (Å²) in [6.07, 6.45) is 0.562. The zero-order valence-electron chi connectivity index (χ0n) is 3.06. The molecule has 36 valence electrons. The number of aliphatic hydroxyl groups excluding tert-OH is 2. The molecular weight excluding hydrogens is 103 g/mol. The van der Waals surface area contributed by atoms with Crippen molar-refractivity contribution in [2.45, 2.75) is 0 Å². The van der Waals surface area contributed by atoms with Crippen molar-refractivity contribution in [3.05, 3.63) is 12.0 Å². The molecule has 0 aliphatic heterocycles. The first kappa shape index (κ1) is 5.63. The van der Waals surface area contributed by atoms with E-state index < -0.39 is 0 Å². The van der Waals surface area contributed by atoms with Crippen LogP contribution in [0.25, 0.3) is 0 Å². The summed E-state index contributed by atoms with van der Waals surface area (Å²) in [5.41, 5.74) is 0. The van der Waals surface area contributed by atoms with Crippen LogP contribution >= 0.6 is 11.6 Å². The van der Waals surface area contributed by atoms with Crippen molar-refractivity contribution < 1.29 is 10.2 Å². The van der Waals surface area contributed by atoms with Crippen molar-refractivity contribution in [3.8, 4) is 0 Å². The van der Waals surface area contributed by atoms with Crippen LogP contribution in [0, 0.1) is 0 Å². The summed E-state index contributed by atoms with van der Waals surface area (Å²) >= 11 is 4.97. The van der Waals surface area contributed by atoms with Gasteiger partial charge in [-0.05, 0) is 0 Å². The molecule has 3 heteroatoms. The third-order valence-electron chi connectivity index (χ3n) is 0.286. The zero-order valence-corrected chi connectivity index (χ0v) is 3.81. The van der Waals surface area contributed by atoms with Crippen LogP contribution in [0.2, 0.25) is 0 Å². The molecule has 2 N–H and O–H groups in total. The second-order valence-electron chi connectivity index (χ2n) is 0.754. The second-order valence-corrected chi connectivity index (χ2v) is 1.02. The Hall–Kier alpha value is -0.370. The smallest absolute Gasteiger partial charge is 0.141 e. The maximum Gasteiger partial charge on any atom is 0.141 e. The molecule has 0 aliphatic rings. The standard InChI is InChI=1S/C3H5ClO2/c4-1-3(6)2-5/h2,5-6H,1H2. The molecule has 6 heavy (non-hydrogen) atoms. The number of hydrogen-bond donors (Lipinski definition) is 2. The van der Waals surface area contributed by atoms with Gasteiger partial charge in [0.25, 0.3) is 0 Å². The highest BCUT2D eigenvalue weighted by Gasteiger charge is 1.81. The third-order valence-corrected chi connectivity index (χ3v) is 0.560. The first-order valence-electron chi connectivity index (χ1n) is 1.39. The van der Waals surface area contributed by atoms with Gasteiger partial charge in [-0.25, -0.2) is 0 Å². The lowest BCUT2D eigenvalue weighted by atomic mass is 10.6. The molecule has 0 unspecified atom stereocenters. The molecule has 0 saturated carbocycles. The Morgan fingerprint density at radius 3 is 2.33 bits per heavy atom.